The lowest BCUT2D eigenvalue weighted by Crippen LogP contribution is -2.51. The molecule has 3 rings (SSSR count). The summed E-state index contributed by atoms with van der Waals surface area (Å²) in [6.45, 7) is 7.02. The molecule has 1 aliphatic rings. The van der Waals surface area contributed by atoms with Crippen molar-refractivity contribution in [3.8, 4) is 0 Å². The molecule has 3 unspecified atom stereocenters. The van der Waals surface area contributed by atoms with E-state index in [1.807, 2.05) is 6.07 Å². The maximum Gasteiger partial charge on any atom is 0.405 e. The van der Waals surface area contributed by atoms with Gasteiger partial charge in [0.25, 0.3) is 0 Å². The Hall–Kier alpha value is -2.66. The molecule has 17 heteroatoms. The Morgan fingerprint density at radius 3 is 2.52 bits per heavy atom. The Morgan fingerprint density at radius 2 is 1.91 bits per heavy atom. The second-order valence-corrected chi connectivity index (χ2v) is 14.9. The topological polar surface area (TPSA) is 228 Å². The van der Waals surface area contributed by atoms with Crippen LogP contribution in [0.5, 0.6) is 0 Å². The Kier molecular flexibility index (Phi) is 13.1. The number of aliphatic hydroxyl groups is 2. The Bertz CT molecular complexity index is 1440. The van der Waals surface area contributed by atoms with Crippen LogP contribution in [0.2, 0.25) is 0 Å². The number of nitrogens with one attached hydrogen (secondary N) is 1. The fraction of sp³-hybridized carbons (Fsp3) is 0.586. The van der Waals surface area contributed by atoms with E-state index in [2.05, 4.69) is 10.1 Å². The number of carbonyl (C=O) groups is 2. The number of anilines is 1. The lowest BCUT2D eigenvalue weighted by atomic mass is 9.95. The number of hydrogen-bond donors (Lipinski definition) is 5. The first-order chi connectivity index (χ1) is 21.5. The quantitative estimate of drug-likeness (QED) is 0.0960. The monoisotopic (exact) mass is 685 g/mol. The van der Waals surface area contributed by atoms with Crippen LogP contribution in [0.15, 0.2) is 47.4 Å². The van der Waals surface area contributed by atoms with Crippen molar-refractivity contribution in [2.75, 3.05) is 31.3 Å². The number of benzene rings is 1. The summed E-state index contributed by atoms with van der Waals surface area (Å²) in [5, 5.41) is 23.6. The molecule has 0 bridgehead atoms. The van der Waals surface area contributed by atoms with Crippen molar-refractivity contribution in [2.24, 2.45) is 17.1 Å². The molecule has 1 aliphatic heterocycles. The lowest BCUT2D eigenvalue weighted by molar-refractivity contribution is -0.166. The van der Waals surface area contributed by atoms with Gasteiger partial charge in [-0.1, -0.05) is 55.9 Å². The van der Waals surface area contributed by atoms with Crippen LogP contribution in [-0.2, 0) is 39.2 Å². The molecule has 1 saturated heterocycles. The zero-order chi connectivity index (χ0) is 34.3. The van der Waals surface area contributed by atoms with E-state index < -0.39 is 61.5 Å². The molecule has 2 aromatic rings. The third-order valence-electron chi connectivity index (χ3n) is 7.31. The van der Waals surface area contributed by atoms with Gasteiger partial charge in [-0.15, -0.1) is 0 Å². The average molecular weight is 686 g/mol. The summed E-state index contributed by atoms with van der Waals surface area (Å²) in [7, 11) is -4.14. The SMILES string of the molecule is CC(C)C(N)C(=O)O[C@@H]1C(COP(=O)(NCc2ccccc2)OCCSC(=O)C(C)(C)CO)O[C@@H](n2ccc(N)nc2=O)[C@]1(C)O. The van der Waals surface area contributed by atoms with Gasteiger partial charge in [-0.2, -0.15) is 4.98 Å². The average Bonchev–Trinajstić information content (AvgIpc) is 3.25. The highest BCUT2D eigenvalue weighted by Gasteiger charge is 2.57. The molecular formula is C29H44N5O10PS. The molecule has 256 valence electrons. The van der Waals surface area contributed by atoms with Crippen LogP contribution >= 0.6 is 19.5 Å². The zero-order valence-corrected chi connectivity index (χ0v) is 28.2. The maximum atomic E-state index is 14.0. The Balaban J connectivity index is 1.84. The number of aliphatic hydroxyl groups excluding tert-OH is 1. The maximum absolute atomic E-state index is 14.0. The normalized spacial score (nSPS) is 23.6. The van der Waals surface area contributed by atoms with Gasteiger partial charge in [0, 0.05) is 18.5 Å². The fourth-order valence-corrected chi connectivity index (χ4v) is 6.52. The zero-order valence-electron chi connectivity index (χ0n) is 26.5. The molecule has 0 radical (unpaired) electrons. The molecule has 1 aromatic carbocycles. The van der Waals surface area contributed by atoms with Gasteiger partial charge in [0.05, 0.1) is 25.2 Å². The summed E-state index contributed by atoms with van der Waals surface area (Å²) in [6, 6.07) is 9.34. The molecule has 1 fully saturated rings. The van der Waals surface area contributed by atoms with Crippen LogP contribution in [-0.4, -0.2) is 80.3 Å². The lowest BCUT2D eigenvalue weighted by Gasteiger charge is -2.31. The van der Waals surface area contributed by atoms with E-state index in [-0.39, 0.29) is 42.4 Å². The smallest absolute Gasteiger partial charge is 0.405 e. The number of nitrogens with two attached hydrogens (primary N) is 2. The molecule has 1 aromatic heterocycles. The predicted molar refractivity (Wildman–Crippen MR) is 171 cm³/mol. The van der Waals surface area contributed by atoms with Crippen molar-refractivity contribution in [2.45, 2.75) is 71.2 Å². The number of aromatic nitrogens is 2. The largest absolute Gasteiger partial charge is 0.455 e. The van der Waals surface area contributed by atoms with Crippen LogP contribution in [0.4, 0.5) is 5.82 Å². The van der Waals surface area contributed by atoms with Gasteiger partial charge in [0.15, 0.2) is 17.4 Å². The molecular weight excluding hydrogens is 641 g/mol. The highest BCUT2D eigenvalue weighted by atomic mass is 32.2. The van der Waals surface area contributed by atoms with Crippen LogP contribution in [0.1, 0.15) is 46.4 Å². The number of esters is 1. The fourth-order valence-electron chi connectivity index (χ4n) is 4.28. The van der Waals surface area contributed by atoms with Gasteiger partial charge in [-0.05, 0) is 38.3 Å². The second kappa shape index (κ2) is 16.0. The first kappa shape index (κ1) is 37.8. The first-order valence-electron chi connectivity index (χ1n) is 14.7. The van der Waals surface area contributed by atoms with Crippen LogP contribution in [0.3, 0.4) is 0 Å². The standard InChI is InChI=1S/C29H44N5O10PS/c1-18(2)22(31)24(36)44-23-20(43-25(29(23,5)39)34-12-11-21(30)33-27(34)38)16-42-45(40,32-15-19-9-7-6-8-10-19)41-13-14-46-26(37)28(3,4)17-35/h6-12,18,20,22-23,25,35,39H,13-17,31H2,1-5H3,(H,32,40)(H2,30,33,38)/t20?,22?,23-,25-,29-,45?/m1/s1. The minimum atomic E-state index is -4.14. The predicted octanol–water partition coefficient (Wildman–Crippen LogP) is 1.58. The van der Waals surface area contributed by atoms with E-state index >= 15 is 0 Å². The van der Waals surface area contributed by atoms with Gasteiger partial charge in [0.1, 0.15) is 23.6 Å². The molecule has 7 N–H and O–H groups in total. The van der Waals surface area contributed by atoms with Gasteiger partial charge in [-0.25, -0.2) is 14.4 Å². The summed E-state index contributed by atoms with van der Waals surface area (Å²) in [6.07, 6.45) is -2.83. The number of carbonyl (C=O) groups excluding carboxylic acids is 2. The molecule has 2 heterocycles. The van der Waals surface area contributed by atoms with E-state index in [0.717, 1.165) is 21.9 Å². The molecule has 0 spiro atoms. The number of nitrogens with zero attached hydrogens (tertiary/aromatic N) is 2. The van der Waals surface area contributed by atoms with E-state index in [9.17, 15) is 29.2 Å². The third kappa shape index (κ3) is 9.69. The van der Waals surface area contributed by atoms with Gasteiger partial charge >= 0.3 is 19.4 Å². The highest BCUT2D eigenvalue weighted by Crippen LogP contribution is 2.47. The van der Waals surface area contributed by atoms with Gasteiger partial charge in [-0.3, -0.25) is 23.2 Å². The minimum Gasteiger partial charge on any atom is -0.455 e. The summed E-state index contributed by atoms with van der Waals surface area (Å²) in [5.41, 5.74) is 8.59. The van der Waals surface area contributed by atoms with Crippen LogP contribution < -0.4 is 22.2 Å². The van der Waals surface area contributed by atoms with Crippen molar-refractivity contribution < 1.29 is 42.9 Å². The third-order valence-corrected chi connectivity index (χ3v) is 10.1. The summed E-state index contributed by atoms with van der Waals surface area (Å²) in [5.74, 6) is -1.06. The van der Waals surface area contributed by atoms with Crippen molar-refractivity contribution in [1.82, 2.24) is 14.6 Å². The number of ether oxygens (including phenoxy) is 2. The highest BCUT2D eigenvalue weighted by molar-refractivity contribution is 8.13. The molecule has 0 saturated carbocycles. The minimum absolute atomic E-state index is 0.0491. The number of thioether (sulfide) groups is 1. The summed E-state index contributed by atoms with van der Waals surface area (Å²) in [4.78, 5) is 41.7. The number of nitrogen functional groups attached to an aromatic ring is 1. The number of rotatable bonds is 16. The second-order valence-electron chi connectivity index (χ2n) is 12.0. The van der Waals surface area contributed by atoms with Crippen molar-refractivity contribution >= 4 is 36.4 Å². The Morgan fingerprint density at radius 1 is 1.24 bits per heavy atom. The van der Waals surface area contributed by atoms with Gasteiger partial charge in [0.2, 0.25) is 0 Å². The molecule has 6 atom stereocenters. The van der Waals surface area contributed by atoms with Crippen molar-refractivity contribution in [3.63, 3.8) is 0 Å². The first-order valence-corrected chi connectivity index (χ1v) is 17.2. The van der Waals surface area contributed by atoms with Crippen LogP contribution in [0, 0.1) is 11.3 Å². The Labute approximate surface area is 271 Å². The molecule has 0 aliphatic carbocycles. The molecule has 46 heavy (non-hydrogen) atoms. The summed E-state index contributed by atoms with van der Waals surface area (Å²) >= 11 is 0.916. The number of hydrogen-bond acceptors (Lipinski definition) is 14. The van der Waals surface area contributed by atoms with E-state index in [0.29, 0.717) is 0 Å². The van der Waals surface area contributed by atoms with E-state index in [1.54, 1.807) is 52.0 Å². The van der Waals surface area contributed by atoms with E-state index in [1.165, 1.54) is 19.2 Å². The van der Waals surface area contributed by atoms with Crippen molar-refractivity contribution in [3.05, 3.63) is 58.6 Å². The summed E-state index contributed by atoms with van der Waals surface area (Å²) < 4.78 is 38.0. The van der Waals surface area contributed by atoms with Crippen LogP contribution in [0.25, 0.3) is 0 Å². The van der Waals surface area contributed by atoms with Gasteiger partial charge < -0.3 is 31.2 Å². The van der Waals surface area contributed by atoms with E-state index in [4.69, 9.17) is 30.0 Å². The van der Waals surface area contributed by atoms with Crippen molar-refractivity contribution in [1.29, 1.82) is 0 Å². The molecule has 0 amide bonds. The molecule has 15 nitrogen and oxygen atoms in total.